The van der Waals surface area contributed by atoms with Crippen LogP contribution in [0.1, 0.15) is 10.4 Å². The summed E-state index contributed by atoms with van der Waals surface area (Å²) in [6.45, 7) is 4.03. The molecule has 0 radical (unpaired) electrons. The highest BCUT2D eigenvalue weighted by molar-refractivity contribution is 7.80. The van der Waals surface area contributed by atoms with E-state index in [0.29, 0.717) is 17.9 Å². The maximum atomic E-state index is 12.0. The van der Waals surface area contributed by atoms with Gasteiger partial charge in [-0.2, -0.15) is 0 Å². The first-order valence-electron chi connectivity index (χ1n) is 6.70. The van der Waals surface area contributed by atoms with Crippen molar-refractivity contribution in [3.05, 3.63) is 72.8 Å². The molecular weight excluding hydrogens is 296 g/mol. The van der Waals surface area contributed by atoms with Crippen molar-refractivity contribution in [3.63, 3.8) is 0 Å². The molecule has 1 amide bonds. The molecule has 0 aliphatic carbocycles. The highest BCUT2D eigenvalue weighted by Crippen LogP contribution is 2.17. The largest absolute Gasteiger partial charge is 0.489 e. The van der Waals surface area contributed by atoms with E-state index in [1.807, 2.05) is 24.3 Å². The number of benzene rings is 2. The summed E-state index contributed by atoms with van der Waals surface area (Å²) in [7, 11) is 0. The fourth-order valence-electron chi connectivity index (χ4n) is 1.75. The Kier molecular flexibility index (Phi) is 5.68. The van der Waals surface area contributed by atoms with E-state index in [9.17, 15) is 4.79 Å². The minimum absolute atomic E-state index is 0.231. The predicted molar refractivity (Wildman–Crippen MR) is 92.3 cm³/mol. The van der Waals surface area contributed by atoms with Gasteiger partial charge in [-0.3, -0.25) is 10.1 Å². The Bertz CT molecular complexity index is 671. The summed E-state index contributed by atoms with van der Waals surface area (Å²) in [4.78, 5) is 12.0. The molecule has 0 unspecified atom stereocenters. The molecular formula is C17H16N2O2S. The number of ether oxygens (including phenoxy) is 1. The number of hydrogen-bond donors (Lipinski definition) is 2. The molecule has 0 atom stereocenters. The third-order valence-corrected chi connectivity index (χ3v) is 2.93. The highest BCUT2D eigenvalue weighted by atomic mass is 32.1. The van der Waals surface area contributed by atoms with Crippen LogP contribution in [-0.2, 0) is 0 Å². The topological polar surface area (TPSA) is 50.4 Å². The van der Waals surface area contributed by atoms with Crippen LogP contribution in [-0.4, -0.2) is 17.6 Å². The standard InChI is InChI=1S/C17H16N2O2S/c1-2-11-21-15-10-6-9-14(12-15)18-17(22)19-16(20)13-7-4-3-5-8-13/h2-10,12H,1,11H2,(H2,18,19,20,22). The molecule has 2 N–H and O–H groups in total. The minimum atomic E-state index is -0.253. The van der Waals surface area contributed by atoms with E-state index in [1.165, 1.54) is 0 Å². The molecule has 2 aromatic carbocycles. The maximum Gasteiger partial charge on any atom is 0.257 e. The minimum Gasteiger partial charge on any atom is -0.489 e. The van der Waals surface area contributed by atoms with Gasteiger partial charge in [0.2, 0.25) is 0 Å². The molecule has 22 heavy (non-hydrogen) atoms. The Morgan fingerprint density at radius 3 is 2.68 bits per heavy atom. The van der Waals surface area contributed by atoms with Gasteiger partial charge in [-0.05, 0) is 36.5 Å². The lowest BCUT2D eigenvalue weighted by Crippen LogP contribution is -2.34. The molecule has 0 spiro atoms. The predicted octanol–water partition coefficient (Wildman–Crippen LogP) is 3.38. The fourth-order valence-corrected chi connectivity index (χ4v) is 1.96. The summed E-state index contributed by atoms with van der Waals surface area (Å²) in [6.07, 6.45) is 1.67. The Balaban J connectivity index is 1.94. The fraction of sp³-hybridized carbons (Fsp3) is 0.0588. The maximum absolute atomic E-state index is 12.0. The van der Waals surface area contributed by atoms with Crippen molar-refractivity contribution in [2.45, 2.75) is 0 Å². The summed E-state index contributed by atoms with van der Waals surface area (Å²) in [5.41, 5.74) is 1.29. The van der Waals surface area contributed by atoms with E-state index in [2.05, 4.69) is 17.2 Å². The second kappa shape index (κ2) is 7.95. The Morgan fingerprint density at radius 2 is 1.95 bits per heavy atom. The van der Waals surface area contributed by atoms with Crippen LogP contribution in [0.25, 0.3) is 0 Å². The molecule has 0 bridgehead atoms. The number of amides is 1. The molecule has 0 aromatic heterocycles. The number of carbonyl (C=O) groups is 1. The number of thiocarbonyl (C=S) groups is 1. The smallest absolute Gasteiger partial charge is 0.257 e. The van der Waals surface area contributed by atoms with E-state index in [4.69, 9.17) is 17.0 Å². The number of anilines is 1. The van der Waals surface area contributed by atoms with Gasteiger partial charge in [0.05, 0.1) is 0 Å². The molecule has 2 aromatic rings. The van der Waals surface area contributed by atoms with Crippen LogP contribution in [0.3, 0.4) is 0 Å². The lowest BCUT2D eigenvalue weighted by molar-refractivity contribution is 0.0978. The van der Waals surface area contributed by atoms with Gasteiger partial charge in [0.25, 0.3) is 5.91 Å². The van der Waals surface area contributed by atoms with Crippen molar-refractivity contribution in [1.82, 2.24) is 5.32 Å². The molecule has 0 aliphatic heterocycles. The lowest BCUT2D eigenvalue weighted by Gasteiger charge is -2.11. The zero-order chi connectivity index (χ0) is 15.8. The van der Waals surface area contributed by atoms with E-state index in [1.54, 1.807) is 36.4 Å². The molecule has 0 aliphatic rings. The van der Waals surface area contributed by atoms with Gasteiger partial charge in [-0.1, -0.05) is 36.9 Å². The second-order valence-electron chi connectivity index (χ2n) is 4.40. The Hall–Kier alpha value is -2.66. The van der Waals surface area contributed by atoms with Crippen LogP contribution in [0.5, 0.6) is 5.75 Å². The zero-order valence-electron chi connectivity index (χ0n) is 11.9. The Morgan fingerprint density at radius 1 is 1.18 bits per heavy atom. The van der Waals surface area contributed by atoms with Gasteiger partial charge in [-0.25, -0.2) is 0 Å². The molecule has 112 valence electrons. The molecule has 0 saturated carbocycles. The van der Waals surface area contributed by atoms with Gasteiger partial charge < -0.3 is 10.1 Å². The normalized spacial score (nSPS) is 9.64. The van der Waals surface area contributed by atoms with Crippen molar-refractivity contribution >= 4 is 28.9 Å². The number of rotatable bonds is 5. The summed E-state index contributed by atoms with van der Waals surface area (Å²) in [5.74, 6) is 0.444. The molecule has 5 heteroatoms. The first kappa shape index (κ1) is 15.7. The number of nitrogens with one attached hydrogen (secondary N) is 2. The summed E-state index contributed by atoms with van der Waals surface area (Å²) in [6, 6.07) is 16.2. The number of hydrogen-bond acceptors (Lipinski definition) is 3. The quantitative estimate of drug-likeness (QED) is 0.656. The third-order valence-electron chi connectivity index (χ3n) is 2.72. The van der Waals surface area contributed by atoms with Crippen molar-refractivity contribution in [2.75, 3.05) is 11.9 Å². The van der Waals surface area contributed by atoms with Gasteiger partial charge in [0.15, 0.2) is 5.11 Å². The van der Waals surface area contributed by atoms with Crippen molar-refractivity contribution < 1.29 is 9.53 Å². The molecule has 0 saturated heterocycles. The van der Waals surface area contributed by atoms with E-state index >= 15 is 0 Å². The van der Waals surface area contributed by atoms with Gasteiger partial charge in [0.1, 0.15) is 12.4 Å². The molecule has 2 rings (SSSR count). The van der Waals surface area contributed by atoms with Gasteiger partial charge in [-0.15, -0.1) is 0 Å². The average molecular weight is 312 g/mol. The number of carbonyl (C=O) groups excluding carboxylic acids is 1. The van der Waals surface area contributed by atoms with Crippen LogP contribution < -0.4 is 15.4 Å². The van der Waals surface area contributed by atoms with Crippen molar-refractivity contribution in [3.8, 4) is 5.75 Å². The van der Waals surface area contributed by atoms with Gasteiger partial charge >= 0.3 is 0 Å². The highest BCUT2D eigenvalue weighted by Gasteiger charge is 2.07. The first-order valence-corrected chi connectivity index (χ1v) is 7.11. The summed E-state index contributed by atoms with van der Waals surface area (Å²) < 4.78 is 5.44. The van der Waals surface area contributed by atoms with Crippen LogP contribution in [0.15, 0.2) is 67.3 Å². The summed E-state index contributed by atoms with van der Waals surface area (Å²) >= 11 is 5.14. The van der Waals surface area contributed by atoms with E-state index < -0.39 is 0 Å². The lowest BCUT2D eigenvalue weighted by atomic mass is 10.2. The van der Waals surface area contributed by atoms with Crippen LogP contribution in [0, 0.1) is 0 Å². The molecule has 4 nitrogen and oxygen atoms in total. The first-order chi connectivity index (χ1) is 10.7. The van der Waals surface area contributed by atoms with Crippen LogP contribution >= 0.6 is 12.2 Å². The van der Waals surface area contributed by atoms with Crippen LogP contribution in [0.4, 0.5) is 5.69 Å². The van der Waals surface area contributed by atoms with Gasteiger partial charge in [0, 0.05) is 17.3 Å². The zero-order valence-corrected chi connectivity index (χ0v) is 12.7. The molecule has 0 fully saturated rings. The van der Waals surface area contributed by atoms with E-state index in [0.717, 1.165) is 5.69 Å². The van der Waals surface area contributed by atoms with E-state index in [-0.39, 0.29) is 11.0 Å². The van der Waals surface area contributed by atoms with Crippen molar-refractivity contribution in [1.29, 1.82) is 0 Å². The molecule has 0 heterocycles. The van der Waals surface area contributed by atoms with Crippen molar-refractivity contribution in [2.24, 2.45) is 0 Å². The second-order valence-corrected chi connectivity index (χ2v) is 4.81. The monoisotopic (exact) mass is 312 g/mol. The third kappa shape index (κ3) is 4.71. The summed E-state index contributed by atoms with van der Waals surface area (Å²) in [5, 5.41) is 5.82. The van der Waals surface area contributed by atoms with Crippen LogP contribution in [0.2, 0.25) is 0 Å². The Labute approximate surface area is 134 Å². The average Bonchev–Trinajstić information content (AvgIpc) is 2.54. The SMILES string of the molecule is C=CCOc1cccc(NC(=S)NC(=O)c2ccccc2)c1.